The number of Topliss-reactive ketones (excluding diaryl/α,β-unsaturated/α-hetero) is 2. The van der Waals surface area contributed by atoms with Crippen LogP contribution in [-0.2, 0) is 27.2 Å². The van der Waals surface area contributed by atoms with E-state index < -0.39 is 0 Å². The molecule has 5 heteroatoms. The first kappa shape index (κ1) is 24.6. The molecule has 2 aliphatic heterocycles. The topological polar surface area (TPSA) is 57.7 Å². The Kier molecular flexibility index (Phi) is 7.82. The van der Waals surface area contributed by atoms with Crippen molar-refractivity contribution in [3.05, 3.63) is 57.7 Å². The average Bonchev–Trinajstić information content (AvgIpc) is 2.88. The SMILES string of the molecule is CC1=C(C)C(=O)C(Cc2ccc(CCC(=O)N3CCC(N4CCCCC4)CC3)cc2)=C(C)C1=O. The molecule has 5 nitrogen and oxygen atoms in total. The number of amides is 1. The normalized spacial score (nSPS) is 21.0. The molecule has 1 amide bonds. The number of ketones is 2. The van der Waals surface area contributed by atoms with E-state index in [1.807, 2.05) is 29.2 Å². The van der Waals surface area contributed by atoms with Gasteiger partial charge in [0.1, 0.15) is 0 Å². The molecule has 2 fully saturated rings. The number of hydrogen-bond acceptors (Lipinski definition) is 4. The maximum atomic E-state index is 12.8. The zero-order valence-electron chi connectivity index (χ0n) is 21.0. The molecule has 0 N–H and O–H groups in total. The Morgan fingerprint density at radius 2 is 1.38 bits per heavy atom. The summed E-state index contributed by atoms with van der Waals surface area (Å²) in [7, 11) is 0. The summed E-state index contributed by atoms with van der Waals surface area (Å²) < 4.78 is 0. The molecule has 1 aromatic rings. The third-order valence-electron chi connectivity index (χ3n) is 8.07. The number of nitrogens with zero attached hydrogens (tertiary/aromatic N) is 2. The van der Waals surface area contributed by atoms with Gasteiger partial charge in [0.2, 0.25) is 5.91 Å². The molecule has 182 valence electrons. The van der Waals surface area contributed by atoms with Gasteiger partial charge in [-0.15, -0.1) is 0 Å². The molecule has 34 heavy (non-hydrogen) atoms. The van der Waals surface area contributed by atoms with Gasteiger partial charge in [0.15, 0.2) is 11.6 Å². The lowest BCUT2D eigenvalue weighted by Gasteiger charge is -2.40. The second-order valence-corrected chi connectivity index (χ2v) is 10.2. The van der Waals surface area contributed by atoms with Crippen molar-refractivity contribution < 1.29 is 14.4 Å². The van der Waals surface area contributed by atoms with Gasteiger partial charge >= 0.3 is 0 Å². The summed E-state index contributed by atoms with van der Waals surface area (Å²) in [6.07, 6.45) is 7.93. The van der Waals surface area contributed by atoms with Gasteiger partial charge in [-0.2, -0.15) is 0 Å². The molecule has 0 aromatic heterocycles. The van der Waals surface area contributed by atoms with E-state index in [0.717, 1.165) is 43.5 Å². The Labute approximate surface area is 203 Å². The summed E-state index contributed by atoms with van der Waals surface area (Å²) in [5.74, 6) is 0.210. The minimum atomic E-state index is -0.0257. The van der Waals surface area contributed by atoms with Crippen molar-refractivity contribution in [2.45, 2.75) is 78.2 Å². The van der Waals surface area contributed by atoms with Gasteiger partial charge in [-0.05, 0) is 77.1 Å². The number of benzene rings is 1. The lowest BCUT2D eigenvalue weighted by molar-refractivity contribution is -0.132. The van der Waals surface area contributed by atoms with Crippen molar-refractivity contribution in [2.75, 3.05) is 26.2 Å². The smallest absolute Gasteiger partial charge is 0.222 e. The quantitative estimate of drug-likeness (QED) is 0.587. The number of likely N-dealkylation sites (tertiary alicyclic amines) is 2. The average molecular weight is 463 g/mol. The second kappa shape index (κ2) is 10.8. The first-order chi connectivity index (χ1) is 16.3. The molecular weight excluding hydrogens is 424 g/mol. The molecule has 0 unspecified atom stereocenters. The fourth-order valence-electron chi connectivity index (χ4n) is 5.57. The number of aryl methyl sites for hydroxylation is 1. The van der Waals surface area contributed by atoms with E-state index in [2.05, 4.69) is 4.90 Å². The third-order valence-corrected chi connectivity index (χ3v) is 8.07. The van der Waals surface area contributed by atoms with Gasteiger partial charge in [-0.1, -0.05) is 30.7 Å². The van der Waals surface area contributed by atoms with Crippen LogP contribution in [0.5, 0.6) is 0 Å². The Hall–Kier alpha value is -2.53. The molecule has 0 spiro atoms. The van der Waals surface area contributed by atoms with Gasteiger partial charge < -0.3 is 9.80 Å². The Morgan fingerprint density at radius 1 is 0.794 bits per heavy atom. The molecule has 0 bridgehead atoms. The van der Waals surface area contributed by atoms with Gasteiger partial charge in [0.25, 0.3) is 0 Å². The van der Waals surface area contributed by atoms with Crippen molar-refractivity contribution in [1.82, 2.24) is 9.80 Å². The van der Waals surface area contributed by atoms with Gasteiger partial charge in [-0.3, -0.25) is 14.4 Å². The monoisotopic (exact) mass is 462 g/mol. The Morgan fingerprint density at radius 3 is 2.03 bits per heavy atom. The summed E-state index contributed by atoms with van der Waals surface area (Å²) in [4.78, 5) is 42.6. The number of piperidine rings is 2. The van der Waals surface area contributed by atoms with Crippen LogP contribution in [0.4, 0.5) is 0 Å². The number of carbonyl (C=O) groups excluding carboxylic acids is 3. The maximum absolute atomic E-state index is 12.8. The van der Waals surface area contributed by atoms with E-state index >= 15 is 0 Å². The fraction of sp³-hybridized carbons (Fsp3) is 0.552. The fourth-order valence-corrected chi connectivity index (χ4v) is 5.57. The van der Waals surface area contributed by atoms with E-state index in [1.165, 1.54) is 32.4 Å². The maximum Gasteiger partial charge on any atom is 0.222 e. The molecular formula is C29H38N2O3. The Bertz CT molecular complexity index is 1000. The van der Waals surface area contributed by atoms with Crippen molar-refractivity contribution in [1.29, 1.82) is 0 Å². The first-order valence-corrected chi connectivity index (χ1v) is 12.9. The Balaban J connectivity index is 1.26. The lowest BCUT2D eigenvalue weighted by Crippen LogP contribution is -2.48. The van der Waals surface area contributed by atoms with Crippen LogP contribution in [0.25, 0.3) is 0 Å². The molecule has 0 radical (unpaired) electrons. The van der Waals surface area contributed by atoms with E-state index in [0.29, 0.717) is 41.2 Å². The summed E-state index contributed by atoms with van der Waals surface area (Å²) >= 11 is 0. The van der Waals surface area contributed by atoms with E-state index in [4.69, 9.17) is 0 Å². The molecule has 1 aromatic carbocycles. The van der Waals surface area contributed by atoms with Gasteiger partial charge in [0.05, 0.1) is 0 Å². The highest BCUT2D eigenvalue weighted by atomic mass is 16.2. The van der Waals surface area contributed by atoms with Crippen molar-refractivity contribution in [3.8, 4) is 0 Å². The van der Waals surface area contributed by atoms with Crippen LogP contribution >= 0.6 is 0 Å². The highest BCUT2D eigenvalue weighted by Gasteiger charge is 2.28. The van der Waals surface area contributed by atoms with Crippen LogP contribution in [0, 0.1) is 0 Å². The summed E-state index contributed by atoms with van der Waals surface area (Å²) in [6, 6.07) is 8.78. The largest absolute Gasteiger partial charge is 0.343 e. The van der Waals surface area contributed by atoms with Crippen molar-refractivity contribution >= 4 is 17.5 Å². The first-order valence-electron chi connectivity index (χ1n) is 12.9. The second-order valence-electron chi connectivity index (χ2n) is 10.2. The van der Waals surface area contributed by atoms with E-state index in [1.54, 1.807) is 20.8 Å². The van der Waals surface area contributed by atoms with Crippen LogP contribution in [0.1, 0.15) is 70.4 Å². The third kappa shape index (κ3) is 5.41. The zero-order valence-corrected chi connectivity index (χ0v) is 21.0. The van der Waals surface area contributed by atoms with Crippen LogP contribution in [-0.4, -0.2) is 59.5 Å². The van der Waals surface area contributed by atoms with Crippen LogP contribution < -0.4 is 0 Å². The van der Waals surface area contributed by atoms with Gasteiger partial charge in [0, 0.05) is 54.3 Å². The predicted octanol–water partition coefficient (Wildman–Crippen LogP) is 4.44. The van der Waals surface area contributed by atoms with Crippen LogP contribution in [0.15, 0.2) is 46.6 Å². The predicted molar refractivity (Wildman–Crippen MR) is 135 cm³/mol. The summed E-state index contributed by atoms with van der Waals surface area (Å²) in [6.45, 7) is 9.43. The molecule has 3 aliphatic rings. The van der Waals surface area contributed by atoms with E-state index in [-0.39, 0.29) is 17.5 Å². The zero-order chi connectivity index (χ0) is 24.2. The highest BCUT2D eigenvalue weighted by molar-refractivity contribution is 6.24. The minimum absolute atomic E-state index is 0.0201. The summed E-state index contributed by atoms with van der Waals surface area (Å²) in [5, 5.41) is 0. The minimum Gasteiger partial charge on any atom is -0.343 e. The number of allylic oxidation sites excluding steroid dienone is 4. The standard InChI is InChI=1S/C29H38N2O3/c1-20-21(2)29(34)26(22(3)28(20)33)19-24-9-7-23(8-10-24)11-12-27(32)31-17-13-25(14-18-31)30-15-5-4-6-16-30/h7-10,25H,4-6,11-19H2,1-3H3. The molecule has 2 saturated heterocycles. The van der Waals surface area contributed by atoms with Crippen LogP contribution in [0.3, 0.4) is 0 Å². The summed E-state index contributed by atoms with van der Waals surface area (Å²) in [5.41, 5.74) is 4.42. The molecule has 4 rings (SSSR count). The van der Waals surface area contributed by atoms with Crippen molar-refractivity contribution in [3.63, 3.8) is 0 Å². The number of rotatable bonds is 6. The number of hydrogen-bond donors (Lipinski definition) is 0. The number of carbonyl (C=O) groups is 3. The lowest BCUT2D eigenvalue weighted by atomic mass is 9.83. The highest BCUT2D eigenvalue weighted by Crippen LogP contribution is 2.27. The molecule has 0 atom stereocenters. The molecule has 2 heterocycles. The molecule has 1 aliphatic carbocycles. The van der Waals surface area contributed by atoms with Gasteiger partial charge in [-0.25, -0.2) is 0 Å². The molecule has 0 saturated carbocycles. The van der Waals surface area contributed by atoms with Crippen LogP contribution in [0.2, 0.25) is 0 Å². The van der Waals surface area contributed by atoms with E-state index in [9.17, 15) is 14.4 Å². The van der Waals surface area contributed by atoms with Crippen molar-refractivity contribution in [2.24, 2.45) is 0 Å².